The lowest BCUT2D eigenvalue weighted by Gasteiger charge is -1.71. The molecule has 0 saturated carbocycles. The van der Waals surface area contributed by atoms with Crippen LogP contribution in [0.2, 0.25) is 5.02 Å². The Kier molecular flexibility index (Phi) is 1.54. The van der Waals surface area contributed by atoms with Gasteiger partial charge in [0.25, 0.3) is 0 Å². The monoisotopic (exact) mass is 150 g/mol. The van der Waals surface area contributed by atoms with Crippen LogP contribution in [0.1, 0.15) is 4.88 Å². The second-order valence-electron chi connectivity index (χ2n) is 1.48. The molecule has 1 rings (SSSR count). The van der Waals surface area contributed by atoms with Crippen molar-refractivity contribution in [3.8, 4) is 0 Å². The third kappa shape index (κ3) is 1.01. The Balaban J connectivity index is 3.14. The summed E-state index contributed by atoms with van der Waals surface area (Å²) in [5, 5.41) is -0.0586. The van der Waals surface area contributed by atoms with Gasteiger partial charge in [-0.2, -0.15) is 4.39 Å². The van der Waals surface area contributed by atoms with Crippen LogP contribution >= 0.6 is 22.9 Å². The van der Waals surface area contributed by atoms with Crippen LogP contribution in [0.3, 0.4) is 0 Å². The van der Waals surface area contributed by atoms with Gasteiger partial charge < -0.3 is 0 Å². The molecule has 0 amide bonds. The first kappa shape index (κ1) is 6.05. The van der Waals surface area contributed by atoms with Crippen molar-refractivity contribution in [3.05, 3.63) is 21.1 Å². The molecule has 0 nitrogen and oxygen atoms in total. The van der Waals surface area contributed by atoms with Crippen LogP contribution in [0.4, 0.5) is 4.39 Å². The summed E-state index contributed by atoms with van der Waals surface area (Å²) in [5.41, 5.74) is 0. The van der Waals surface area contributed by atoms with Gasteiger partial charge in [0.15, 0.2) is 5.13 Å². The molecular formula is C5H4ClFS. The summed E-state index contributed by atoms with van der Waals surface area (Å²) in [7, 11) is 0. The smallest absolute Gasteiger partial charge is 0.193 e. The number of hydrogen-bond acceptors (Lipinski definition) is 1. The van der Waals surface area contributed by atoms with Crippen molar-refractivity contribution < 1.29 is 4.39 Å². The van der Waals surface area contributed by atoms with Crippen molar-refractivity contribution in [1.82, 2.24) is 0 Å². The molecule has 0 bridgehead atoms. The third-order valence-electron chi connectivity index (χ3n) is 0.768. The van der Waals surface area contributed by atoms with Crippen molar-refractivity contribution >= 4 is 22.9 Å². The molecular weight excluding hydrogens is 147 g/mol. The Morgan fingerprint density at radius 1 is 1.75 bits per heavy atom. The Labute approximate surface area is 55.9 Å². The number of rotatable bonds is 0. The number of thiophene rings is 1. The van der Waals surface area contributed by atoms with E-state index in [1.54, 1.807) is 6.07 Å². The van der Waals surface area contributed by atoms with E-state index in [1.165, 1.54) is 0 Å². The molecule has 8 heavy (non-hydrogen) atoms. The highest BCUT2D eigenvalue weighted by Crippen LogP contribution is 2.23. The van der Waals surface area contributed by atoms with E-state index >= 15 is 0 Å². The molecule has 0 spiro atoms. The average molecular weight is 151 g/mol. The minimum absolute atomic E-state index is 0.229. The van der Waals surface area contributed by atoms with Crippen LogP contribution < -0.4 is 0 Å². The fourth-order valence-electron chi connectivity index (χ4n) is 0.455. The van der Waals surface area contributed by atoms with Crippen LogP contribution in [0, 0.1) is 12.1 Å². The van der Waals surface area contributed by atoms with Gasteiger partial charge in [0.2, 0.25) is 0 Å². The second kappa shape index (κ2) is 2.03. The molecule has 1 heterocycles. The zero-order valence-electron chi connectivity index (χ0n) is 4.24. The van der Waals surface area contributed by atoms with Crippen molar-refractivity contribution in [2.75, 3.05) is 0 Å². The largest absolute Gasteiger partial charge is 0.195 e. The quantitative estimate of drug-likeness (QED) is 0.534. The fraction of sp³-hybridized carbons (Fsp3) is 0.200. The first-order valence-electron chi connectivity index (χ1n) is 2.11. The van der Waals surface area contributed by atoms with Gasteiger partial charge in [-0.3, -0.25) is 0 Å². The summed E-state index contributed by atoms with van der Waals surface area (Å²) >= 11 is 6.44. The lowest BCUT2D eigenvalue weighted by molar-refractivity contribution is 0.658. The molecule has 0 atom stereocenters. The first-order valence-corrected chi connectivity index (χ1v) is 3.31. The molecule has 0 radical (unpaired) electrons. The fourth-order valence-corrected chi connectivity index (χ4v) is 1.41. The zero-order chi connectivity index (χ0) is 6.15. The number of aryl methyl sites for hydroxylation is 1. The van der Waals surface area contributed by atoms with Gasteiger partial charge in [0, 0.05) is 4.88 Å². The van der Waals surface area contributed by atoms with Crippen LogP contribution in [-0.2, 0) is 0 Å². The van der Waals surface area contributed by atoms with Gasteiger partial charge >= 0.3 is 0 Å². The summed E-state index contributed by atoms with van der Waals surface area (Å²) in [5.74, 6) is 0. The maximum absolute atomic E-state index is 12.2. The number of hydrogen-bond donors (Lipinski definition) is 0. The Bertz CT molecular complexity index is 175. The molecule has 0 N–H and O–H groups in total. The molecule has 44 valence electrons. The third-order valence-corrected chi connectivity index (χ3v) is 1.99. The van der Waals surface area contributed by atoms with E-state index in [0.29, 0.717) is 0 Å². The summed E-state index contributed by atoms with van der Waals surface area (Å²) in [4.78, 5) is 0.910. The van der Waals surface area contributed by atoms with Crippen LogP contribution in [0.15, 0.2) is 6.07 Å². The Morgan fingerprint density at radius 3 is 2.50 bits per heavy atom. The van der Waals surface area contributed by atoms with Gasteiger partial charge in [0.1, 0.15) is 0 Å². The molecule has 3 heteroatoms. The lowest BCUT2D eigenvalue weighted by atomic mass is 10.5. The van der Waals surface area contributed by atoms with Crippen LogP contribution in [0.25, 0.3) is 0 Å². The molecule has 0 aromatic carbocycles. The van der Waals surface area contributed by atoms with Gasteiger partial charge in [-0.15, -0.1) is 11.3 Å². The van der Waals surface area contributed by atoms with Crippen molar-refractivity contribution in [1.29, 1.82) is 0 Å². The van der Waals surface area contributed by atoms with Gasteiger partial charge in [-0.05, 0) is 13.0 Å². The predicted octanol–water partition coefficient (Wildman–Crippen LogP) is 2.85. The highest BCUT2D eigenvalue weighted by Gasteiger charge is 2.00. The molecule has 1 aromatic heterocycles. The zero-order valence-corrected chi connectivity index (χ0v) is 5.81. The Hall–Kier alpha value is -0.0800. The number of halogens is 2. The van der Waals surface area contributed by atoms with E-state index in [0.717, 1.165) is 16.2 Å². The normalized spacial score (nSPS) is 9.88. The predicted molar refractivity (Wildman–Crippen MR) is 34.0 cm³/mol. The summed E-state index contributed by atoms with van der Waals surface area (Å²) in [6, 6.07) is 1.61. The minimum Gasteiger partial charge on any atom is -0.193 e. The lowest BCUT2D eigenvalue weighted by Crippen LogP contribution is -1.54. The summed E-state index contributed by atoms with van der Waals surface area (Å²) < 4.78 is 12.2. The van der Waals surface area contributed by atoms with E-state index in [1.807, 2.05) is 6.92 Å². The van der Waals surface area contributed by atoms with E-state index in [-0.39, 0.29) is 10.2 Å². The van der Waals surface area contributed by atoms with Crippen LogP contribution in [-0.4, -0.2) is 0 Å². The standard InChI is InChI=1S/C5H4ClFS/c1-3-2-4(6)5(7)8-3/h2H,1H3. The highest BCUT2D eigenvalue weighted by atomic mass is 35.5. The topological polar surface area (TPSA) is 0 Å². The molecule has 0 aliphatic heterocycles. The average Bonchev–Trinajstić information content (AvgIpc) is 1.85. The van der Waals surface area contributed by atoms with Gasteiger partial charge in [-0.25, -0.2) is 0 Å². The Morgan fingerprint density at radius 2 is 2.38 bits per heavy atom. The maximum atomic E-state index is 12.2. The summed E-state index contributed by atoms with van der Waals surface area (Å²) in [6.07, 6.45) is 0. The van der Waals surface area contributed by atoms with Crippen molar-refractivity contribution in [3.63, 3.8) is 0 Å². The second-order valence-corrected chi connectivity index (χ2v) is 3.09. The summed E-state index contributed by atoms with van der Waals surface area (Å²) in [6.45, 7) is 1.82. The first-order chi connectivity index (χ1) is 3.70. The molecule has 0 unspecified atom stereocenters. The van der Waals surface area contributed by atoms with Crippen molar-refractivity contribution in [2.24, 2.45) is 0 Å². The van der Waals surface area contributed by atoms with E-state index in [2.05, 4.69) is 0 Å². The highest BCUT2D eigenvalue weighted by molar-refractivity contribution is 7.10. The van der Waals surface area contributed by atoms with E-state index < -0.39 is 0 Å². The SMILES string of the molecule is Cc1cc(Cl)c(F)s1. The van der Waals surface area contributed by atoms with Gasteiger partial charge in [0.05, 0.1) is 5.02 Å². The molecule has 0 aliphatic carbocycles. The molecule has 0 aliphatic rings. The van der Waals surface area contributed by atoms with Gasteiger partial charge in [-0.1, -0.05) is 11.6 Å². The van der Waals surface area contributed by atoms with Crippen LogP contribution in [0.5, 0.6) is 0 Å². The van der Waals surface area contributed by atoms with E-state index in [4.69, 9.17) is 11.6 Å². The van der Waals surface area contributed by atoms with Crippen molar-refractivity contribution in [2.45, 2.75) is 6.92 Å². The molecule has 0 fully saturated rings. The molecule has 0 saturated heterocycles. The minimum atomic E-state index is -0.288. The molecule has 1 aromatic rings. The maximum Gasteiger partial charge on any atom is 0.195 e. The van der Waals surface area contributed by atoms with E-state index in [9.17, 15) is 4.39 Å².